The highest BCUT2D eigenvalue weighted by molar-refractivity contribution is 5.82. The van der Waals surface area contributed by atoms with Crippen molar-refractivity contribution in [2.75, 3.05) is 0 Å². The van der Waals surface area contributed by atoms with Crippen molar-refractivity contribution in [2.45, 2.75) is 25.6 Å². The van der Waals surface area contributed by atoms with Crippen LogP contribution in [-0.2, 0) is 25.6 Å². The van der Waals surface area contributed by atoms with Gasteiger partial charge in [-0.05, 0) is 36.2 Å². The van der Waals surface area contributed by atoms with Gasteiger partial charge in [-0.15, -0.1) is 0 Å². The lowest BCUT2D eigenvalue weighted by Gasteiger charge is -2.11. The highest BCUT2D eigenvalue weighted by atomic mass is 19.4. The highest BCUT2D eigenvalue weighted by Gasteiger charge is 2.36. The summed E-state index contributed by atoms with van der Waals surface area (Å²) in [7, 11) is 0. The lowest BCUT2D eigenvalue weighted by atomic mass is 10.1. The van der Waals surface area contributed by atoms with Crippen LogP contribution in [0.15, 0.2) is 42.6 Å². The van der Waals surface area contributed by atoms with Crippen LogP contribution >= 0.6 is 0 Å². The number of rotatable bonds is 3. The minimum absolute atomic E-state index is 0.0695. The molecule has 0 spiro atoms. The number of imidazole rings is 1. The van der Waals surface area contributed by atoms with Crippen LogP contribution < -0.4 is 0 Å². The number of halogens is 5. The van der Waals surface area contributed by atoms with Crippen molar-refractivity contribution < 1.29 is 22.0 Å². The van der Waals surface area contributed by atoms with Crippen molar-refractivity contribution in [3.8, 4) is 11.4 Å². The summed E-state index contributed by atoms with van der Waals surface area (Å²) in [5.41, 5.74) is 0.799. The average molecular weight is 416 g/mol. The number of hydrogen-bond donors (Lipinski definition) is 0. The second kappa shape index (κ2) is 6.58. The Hall–Kier alpha value is -3.36. The molecule has 0 bridgehead atoms. The zero-order valence-electron chi connectivity index (χ0n) is 15.3. The molecule has 1 aliphatic heterocycles. The number of benzene rings is 2. The third kappa shape index (κ3) is 3.10. The zero-order chi connectivity index (χ0) is 21.0. The molecule has 1 aliphatic rings. The summed E-state index contributed by atoms with van der Waals surface area (Å²) in [5.74, 6) is -0.565. The fourth-order valence-electron chi connectivity index (χ4n) is 3.75. The van der Waals surface area contributed by atoms with Gasteiger partial charge in [0, 0.05) is 30.1 Å². The van der Waals surface area contributed by atoms with Gasteiger partial charge in [-0.3, -0.25) is 0 Å². The Balaban J connectivity index is 1.45. The Kier molecular flexibility index (Phi) is 4.09. The molecule has 30 heavy (non-hydrogen) atoms. The summed E-state index contributed by atoms with van der Waals surface area (Å²) in [4.78, 5) is 12.2. The molecule has 3 heterocycles. The van der Waals surface area contributed by atoms with Gasteiger partial charge in [-0.1, -0.05) is 12.1 Å². The molecule has 0 saturated carbocycles. The van der Waals surface area contributed by atoms with Crippen molar-refractivity contribution in [1.82, 2.24) is 19.5 Å². The van der Waals surface area contributed by atoms with Crippen LogP contribution in [0.3, 0.4) is 0 Å². The molecule has 0 saturated heterocycles. The molecule has 0 amide bonds. The number of fused-ring (bicyclic) bond motifs is 4. The smallest absolute Gasteiger partial charge is 0.326 e. The third-order valence-electron chi connectivity index (χ3n) is 5.07. The summed E-state index contributed by atoms with van der Waals surface area (Å²) in [6.07, 6.45) is -2.59. The summed E-state index contributed by atoms with van der Waals surface area (Å²) in [5, 5.41) is -0.365. The number of nitrogens with zero attached hydrogens (tertiary/aromatic N) is 4. The first-order valence-corrected chi connectivity index (χ1v) is 9.17. The topological polar surface area (TPSA) is 43.6 Å². The lowest BCUT2D eigenvalue weighted by molar-refractivity contribution is -0.140. The van der Waals surface area contributed by atoms with E-state index in [0.717, 1.165) is 23.3 Å². The van der Waals surface area contributed by atoms with Crippen molar-refractivity contribution in [3.63, 3.8) is 0 Å². The monoisotopic (exact) mass is 416 g/mol. The van der Waals surface area contributed by atoms with Gasteiger partial charge in [-0.25, -0.2) is 23.7 Å². The van der Waals surface area contributed by atoms with Crippen LogP contribution in [0.5, 0.6) is 0 Å². The van der Waals surface area contributed by atoms with Gasteiger partial charge in [0.25, 0.3) is 0 Å². The molecule has 0 fully saturated rings. The highest BCUT2D eigenvalue weighted by Crippen LogP contribution is 2.34. The standard InChI is InChI=1S/C21H13F5N4/c22-12-4-6-14-11(8-12)9-30-10-13(27-20(14)30)5-7-17-28-18-15(2-1-3-16(18)23)19(29-17)21(24,25)26/h1-4,6,8,10H,5,7,9H2. The minimum atomic E-state index is -4.72. The second-order valence-corrected chi connectivity index (χ2v) is 7.11. The molecule has 0 unspecified atom stereocenters. The Morgan fingerprint density at radius 2 is 1.80 bits per heavy atom. The molecule has 0 aliphatic carbocycles. The largest absolute Gasteiger partial charge is 0.434 e. The van der Waals surface area contributed by atoms with Gasteiger partial charge in [-0.2, -0.15) is 13.2 Å². The maximum Gasteiger partial charge on any atom is 0.434 e. The second-order valence-electron chi connectivity index (χ2n) is 7.11. The predicted octanol–water partition coefficient (Wildman–Crippen LogP) is 4.94. The molecule has 5 rings (SSSR count). The van der Waals surface area contributed by atoms with Crippen molar-refractivity contribution in [2.24, 2.45) is 0 Å². The molecule has 4 nitrogen and oxygen atoms in total. The molecule has 9 heteroatoms. The zero-order valence-corrected chi connectivity index (χ0v) is 15.3. The fraction of sp³-hybridized carbons (Fsp3) is 0.190. The molecular formula is C21H13F5N4. The minimum Gasteiger partial charge on any atom is -0.326 e. The van der Waals surface area contributed by atoms with E-state index in [0.29, 0.717) is 18.1 Å². The molecule has 0 N–H and O–H groups in total. The van der Waals surface area contributed by atoms with Crippen molar-refractivity contribution in [1.29, 1.82) is 0 Å². The third-order valence-corrected chi connectivity index (χ3v) is 5.07. The fourth-order valence-corrected chi connectivity index (χ4v) is 3.75. The molecule has 2 aromatic heterocycles. The SMILES string of the molecule is Fc1ccc2c(c1)Cn1cc(CCc3nc(C(F)(F)F)c4cccc(F)c4n3)nc1-2. The first kappa shape index (κ1) is 18.7. The first-order valence-electron chi connectivity index (χ1n) is 9.17. The first-order chi connectivity index (χ1) is 14.3. The lowest BCUT2D eigenvalue weighted by Crippen LogP contribution is -2.13. The van der Waals surface area contributed by atoms with Crippen LogP contribution in [0, 0.1) is 11.6 Å². The molecule has 2 aromatic carbocycles. The van der Waals surface area contributed by atoms with E-state index in [1.54, 1.807) is 12.3 Å². The van der Waals surface area contributed by atoms with Crippen molar-refractivity contribution in [3.05, 3.63) is 77.0 Å². The maximum atomic E-state index is 14.1. The summed E-state index contributed by atoms with van der Waals surface area (Å²) >= 11 is 0. The molecule has 0 radical (unpaired) electrons. The van der Waals surface area contributed by atoms with Gasteiger partial charge in [0.2, 0.25) is 0 Å². The van der Waals surface area contributed by atoms with Crippen LogP contribution in [0.2, 0.25) is 0 Å². The molecule has 4 aromatic rings. The molecule has 0 atom stereocenters. The van der Waals surface area contributed by atoms with E-state index in [-0.39, 0.29) is 35.4 Å². The Morgan fingerprint density at radius 1 is 0.967 bits per heavy atom. The predicted molar refractivity (Wildman–Crippen MR) is 98.6 cm³/mol. The number of hydrogen-bond acceptors (Lipinski definition) is 3. The van der Waals surface area contributed by atoms with Crippen LogP contribution in [0.4, 0.5) is 22.0 Å². The quantitative estimate of drug-likeness (QED) is 0.392. The maximum absolute atomic E-state index is 14.1. The van der Waals surface area contributed by atoms with E-state index >= 15 is 0 Å². The van der Waals surface area contributed by atoms with E-state index in [1.807, 2.05) is 4.57 Å². The van der Waals surface area contributed by atoms with Gasteiger partial charge < -0.3 is 4.57 Å². The van der Waals surface area contributed by atoms with Gasteiger partial charge in [0.15, 0.2) is 5.69 Å². The van der Waals surface area contributed by atoms with E-state index in [1.165, 1.54) is 18.2 Å². The molecular weight excluding hydrogens is 403 g/mol. The van der Waals surface area contributed by atoms with Crippen LogP contribution in [-0.4, -0.2) is 19.5 Å². The number of aromatic nitrogens is 4. The van der Waals surface area contributed by atoms with E-state index in [9.17, 15) is 22.0 Å². The number of alkyl halides is 3. The van der Waals surface area contributed by atoms with Gasteiger partial charge in [0.1, 0.15) is 28.8 Å². The number of para-hydroxylation sites is 1. The van der Waals surface area contributed by atoms with E-state index < -0.39 is 17.7 Å². The van der Waals surface area contributed by atoms with Crippen LogP contribution in [0.1, 0.15) is 22.8 Å². The summed E-state index contributed by atoms with van der Waals surface area (Å²) in [6, 6.07) is 7.90. The summed E-state index contributed by atoms with van der Waals surface area (Å²) in [6.45, 7) is 0.478. The molecule has 152 valence electrons. The van der Waals surface area contributed by atoms with Crippen molar-refractivity contribution >= 4 is 10.9 Å². The van der Waals surface area contributed by atoms with Gasteiger partial charge >= 0.3 is 6.18 Å². The normalized spacial score (nSPS) is 13.0. The average Bonchev–Trinajstić information content (AvgIpc) is 3.22. The van der Waals surface area contributed by atoms with Crippen LogP contribution in [0.25, 0.3) is 22.3 Å². The van der Waals surface area contributed by atoms with E-state index in [4.69, 9.17) is 0 Å². The summed E-state index contributed by atoms with van der Waals surface area (Å²) < 4.78 is 69.6. The Bertz CT molecular complexity index is 1290. The van der Waals surface area contributed by atoms with E-state index in [2.05, 4.69) is 15.0 Å². The van der Waals surface area contributed by atoms with Gasteiger partial charge in [0.05, 0.1) is 5.69 Å². The Labute approximate surface area is 167 Å². The number of aryl methyl sites for hydroxylation is 2. The Morgan fingerprint density at radius 3 is 2.60 bits per heavy atom.